The van der Waals surface area contributed by atoms with E-state index >= 15 is 0 Å². The Morgan fingerprint density at radius 2 is 1.84 bits per heavy atom. The van der Waals surface area contributed by atoms with Crippen molar-refractivity contribution < 1.29 is 14.3 Å². The van der Waals surface area contributed by atoms with Crippen molar-refractivity contribution in [1.29, 1.82) is 0 Å². The first kappa shape index (κ1) is 22.7. The topological polar surface area (TPSA) is 71.9 Å². The molecule has 6 nitrogen and oxygen atoms in total. The lowest BCUT2D eigenvalue weighted by Gasteiger charge is -2.26. The van der Waals surface area contributed by atoms with Gasteiger partial charge in [-0.15, -0.1) is 0 Å². The van der Waals surface area contributed by atoms with Crippen molar-refractivity contribution >= 4 is 23.3 Å². The van der Waals surface area contributed by atoms with E-state index in [9.17, 15) is 9.59 Å². The summed E-state index contributed by atoms with van der Waals surface area (Å²) in [5.41, 5.74) is 3.09. The number of rotatable bonds is 5. The first-order valence-corrected chi connectivity index (χ1v) is 10.7. The van der Waals surface area contributed by atoms with Crippen LogP contribution >= 0.6 is 0 Å². The molecule has 1 amide bonds. The van der Waals surface area contributed by atoms with Gasteiger partial charge in [-0.05, 0) is 69.9 Å². The summed E-state index contributed by atoms with van der Waals surface area (Å²) in [5.74, 6) is -0.152. The summed E-state index contributed by atoms with van der Waals surface area (Å²) in [5, 5.41) is 0. The van der Waals surface area contributed by atoms with Crippen LogP contribution in [0.3, 0.4) is 0 Å². The first-order valence-electron chi connectivity index (χ1n) is 10.7. The quantitative estimate of drug-likeness (QED) is 0.650. The molecule has 1 aromatic carbocycles. The minimum absolute atomic E-state index is 0.0649. The minimum atomic E-state index is -0.601. The number of aliphatic imine (C=N–C) groups is 1. The highest BCUT2D eigenvalue weighted by atomic mass is 16.6. The van der Waals surface area contributed by atoms with Crippen molar-refractivity contribution in [2.24, 2.45) is 10.9 Å². The zero-order valence-corrected chi connectivity index (χ0v) is 19.2. The summed E-state index contributed by atoms with van der Waals surface area (Å²) in [4.78, 5) is 36.9. The number of carbonyl (C=O) groups is 2. The average Bonchev–Trinajstić information content (AvgIpc) is 2.77. The van der Waals surface area contributed by atoms with Crippen LogP contribution in [0.5, 0.6) is 0 Å². The molecule has 2 heterocycles. The predicted octanol–water partition coefficient (Wildman–Crippen LogP) is 4.81. The third kappa shape index (κ3) is 5.57. The Kier molecular flexibility index (Phi) is 6.58. The monoisotopic (exact) mass is 421 g/mol. The van der Waals surface area contributed by atoms with Gasteiger partial charge in [-0.25, -0.2) is 4.79 Å². The Hall–Kier alpha value is -3.02. The lowest BCUT2D eigenvalue weighted by atomic mass is 10.0. The molecule has 31 heavy (non-hydrogen) atoms. The molecule has 0 radical (unpaired) electrons. The Labute approximate surface area is 184 Å². The predicted molar refractivity (Wildman–Crippen MR) is 122 cm³/mol. The molecule has 1 aliphatic heterocycles. The Balaban J connectivity index is 2.08. The molecule has 3 rings (SSSR count). The van der Waals surface area contributed by atoms with Gasteiger partial charge >= 0.3 is 5.97 Å². The van der Waals surface area contributed by atoms with Crippen molar-refractivity contribution in [2.45, 2.75) is 66.2 Å². The summed E-state index contributed by atoms with van der Waals surface area (Å²) < 4.78 is 5.55. The van der Waals surface area contributed by atoms with Crippen LogP contribution in [0.25, 0.3) is 0 Å². The lowest BCUT2D eigenvalue weighted by molar-refractivity contribution is -0.120. The van der Waals surface area contributed by atoms with E-state index < -0.39 is 17.6 Å². The largest absolute Gasteiger partial charge is 0.456 e. The van der Waals surface area contributed by atoms with Crippen LogP contribution < -0.4 is 4.90 Å². The SMILES string of the molecule is CC1=N[C@H](CC(C)C)C(=O)N(Cc2ccncc2)c2cc(C(=O)OC(C)(C)C)ccc21. The van der Waals surface area contributed by atoms with E-state index in [1.165, 1.54) is 0 Å². The third-order valence-corrected chi connectivity index (χ3v) is 5.00. The van der Waals surface area contributed by atoms with Gasteiger partial charge in [0.05, 0.1) is 17.8 Å². The maximum atomic E-state index is 13.6. The third-order valence-electron chi connectivity index (χ3n) is 5.00. The highest BCUT2D eigenvalue weighted by Crippen LogP contribution is 2.31. The zero-order chi connectivity index (χ0) is 22.8. The van der Waals surface area contributed by atoms with Crippen molar-refractivity contribution in [3.8, 4) is 0 Å². The molecule has 164 valence electrons. The van der Waals surface area contributed by atoms with Gasteiger partial charge in [0, 0.05) is 23.7 Å². The van der Waals surface area contributed by atoms with Crippen LogP contribution in [0.2, 0.25) is 0 Å². The Morgan fingerprint density at radius 1 is 1.16 bits per heavy atom. The van der Waals surface area contributed by atoms with Crippen LogP contribution in [0, 0.1) is 5.92 Å². The molecule has 0 saturated heterocycles. The van der Waals surface area contributed by atoms with Crippen LogP contribution in [0.1, 0.15) is 69.4 Å². The second kappa shape index (κ2) is 9.00. The fraction of sp³-hybridized carbons (Fsp3) is 0.440. The molecular formula is C25H31N3O3. The summed E-state index contributed by atoms with van der Waals surface area (Å²) in [6.45, 7) is 12.0. The Bertz CT molecular complexity index is 991. The van der Waals surface area contributed by atoms with Crippen LogP contribution in [0.15, 0.2) is 47.7 Å². The second-order valence-corrected chi connectivity index (χ2v) is 9.37. The van der Waals surface area contributed by atoms with E-state index in [0.29, 0.717) is 30.1 Å². The molecule has 0 N–H and O–H groups in total. The smallest absolute Gasteiger partial charge is 0.338 e. The van der Waals surface area contributed by atoms with Crippen LogP contribution in [-0.4, -0.2) is 34.2 Å². The number of fused-ring (bicyclic) bond motifs is 1. The number of hydrogen-bond acceptors (Lipinski definition) is 5. The fourth-order valence-corrected chi connectivity index (χ4v) is 3.62. The number of pyridine rings is 1. The van der Waals surface area contributed by atoms with Gasteiger partial charge in [-0.1, -0.05) is 19.9 Å². The number of esters is 1. The van der Waals surface area contributed by atoms with Gasteiger partial charge < -0.3 is 9.64 Å². The number of benzodiazepines with no additional fused rings is 1. The van der Waals surface area contributed by atoms with Gasteiger partial charge in [0.2, 0.25) is 0 Å². The van der Waals surface area contributed by atoms with Gasteiger partial charge in [-0.3, -0.25) is 14.8 Å². The molecule has 0 aliphatic carbocycles. The maximum absolute atomic E-state index is 13.6. The van der Waals surface area contributed by atoms with E-state index in [1.807, 2.05) is 45.9 Å². The number of amides is 1. The number of anilines is 1. The zero-order valence-electron chi connectivity index (χ0n) is 19.2. The molecule has 6 heteroatoms. The second-order valence-electron chi connectivity index (χ2n) is 9.37. The Morgan fingerprint density at radius 3 is 2.45 bits per heavy atom. The molecule has 0 saturated carbocycles. The molecule has 0 unspecified atom stereocenters. The first-order chi connectivity index (χ1) is 14.5. The van der Waals surface area contributed by atoms with Gasteiger partial charge in [0.25, 0.3) is 5.91 Å². The molecule has 2 aromatic rings. The number of aromatic nitrogens is 1. The molecule has 0 spiro atoms. The van der Waals surface area contributed by atoms with Crippen molar-refractivity contribution in [1.82, 2.24) is 4.98 Å². The normalized spacial score (nSPS) is 16.6. The summed E-state index contributed by atoms with van der Waals surface area (Å²) >= 11 is 0. The van der Waals surface area contributed by atoms with Crippen LogP contribution in [-0.2, 0) is 16.1 Å². The number of carbonyl (C=O) groups excluding carboxylic acids is 2. The molecule has 0 fully saturated rings. The summed E-state index contributed by atoms with van der Waals surface area (Å²) in [6, 6.07) is 8.67. The lowest BCUT2D eigenvalue weighted by Crippen LogP contribution is -2.38. The van der Waals surface area contributed by atoms with E-state index in [-0.39, 0.29) is 5.91 Å². The van der Waals surface area contributed by atoms with Crippen molar-refractivity contribution in [3.63, 3.8) is 0 Å². The summed E-state index contributed by atoms with van der Waals surface area (Å²) in [7, 11) is 0. The average molecular weight is 422 g/mol. The van der Waals surface area contributed by atoms with Gasteiger partial charge in [0.1, 0.15) is 11.6 Å². The highest BCUT2D eigenvalue weighted by Gasteiger charge is 2.32. The number of hydrogen-bond donors (Lipinski definition) is 0. The number of ether oxygens (including phenoxy) is 1. The number of benzene rings is 1. The molecule has 1 atom stereocenters. The fourth-order valence-electron chi connectivity index (χ4n) is 3.62. The van der Waals surface area contributed by atoms with E-state index in [4.69, 9.17) is 9.73 Å². The van der Waals surface area contributed by atoms with Crippen molar-refractivity contribution in [3.05, 3.63) is 59.4 Å². The standard InChI is InChI=1S/C25H31N3O3/c1-16(2)13-21-23(29)28(15-18-9-11-26-12-10-18)22-14-19(24(30)31-25(4,5)6)7-8-20(22)17(3)27-21/h7-12,14,16,21H,13,15H2,1-6H3/t21-/m1/s1. The molecule has 1 aliphatic rings. The van der Waals surface area contributed by atoms with Crippen molar-refractivity contribution in [2.75, 3.05) is 4.90 Å². The summed E-state index contributed by atoms with van der Waals surface area (Å²) in [6.07, 6.45) is 4.09. The molecule has 0 bridgehead atoms. The highest BCUT2D eigenvalue weighted by molar-refractivity contribution is 6.12. The van der Waals surface area contributed by atoms with E-state index in [1.54, 1.807) is 29.4 Å². The van der Waals surface area contributed by atoms with Gasteiger partial charge in [0.15, 0.2) is 0 Å². The van der Waals surface area contributed by atoms with Crippen LogP contribution in [0.4, 0.5) is 5.69 Å². The number of nitrogens with zero attached hydrogens (tertiary/aromatic N) is 3. The van der Waals surface area contributed by atoms with Gasteiger partial charge in [-0.2, -0.15) is 0 Å². The molecular weight excluding hydrogens is 390 g/mol. The van der Waals surface area contributed by atoms with E-state index in [2.05, 4.69) is 18.8 Å². The molecule has 1 aromatic heterocycles. The van der Waals surface area contributed by atoms with E-state index in [0.717, 1.165) is 16.8 Å². The maximum Gasteiger partial charge on any atom is 0.338 e. The minimum Gasteiger partial charge on any atom is -0.456 e.